The van der Waals surface area contributed by atoms with Crippen LogP contribution < -0.4 is 5.32 Å². The van der Waals surface area contributed by atoms with Crippen LogP contribution in [-0.4, -0.2) is 48.6 Å². The summed E-state index contributed by atoms with van der Waals surface area (Å²) < 4.78 is 10.2. The lowest BCUT2D eigenvalue weighted by Crippen LogP contribution is -2.51. The van der Waals surface area contributed by atoms with Crippen molar-refractivity contribution >= 4 is 29.6 Å². The van der Waals surface area contributed by atoms with Gasteiger partial charge in [-0.25, -0.2) is 9.59 Å². The zero-order valence-electron chi connectivity index (χ0n) is 17.3. The van der Waals surface area contributed by atoms with Gasteiger partial charge in [0.15, 0.2) is 0 Å². The molecule has 1 aliphatic heterocycles. The molecule has 2 aromatic carbocycles. The lowest BCUT2D eigenvalue weighted by atomic mass is 10.1. The van der Waals surface area contributed by atoms with E-state index < -0.39 is 30.1 Å². The third-order valence-electron chi connectivity index (χ3n) is 5.15. The highest BCUT2D eigenvalue weighted by Crippen LogP contribution is 2.20. The fourth-order valence-corrected chi connectivity index (χ4v) is 3.65. The van der Waals surface area contributed by atoms with Gasteiger partial charge in [0.1, 0.15) is 18.7 Å². The number of methoxy groups -OCH3 is 1. The second kappa shape index (κ2) is 10.8. The zero-order valence-corrected chi connectivity index (χ0v) is 18.0. The predicted molar refractivity (Wildman–Crippen MR) is 115 cm³/mol. The molecule has 0 spiro atoms. The van der Waals surface area contributed by atoms with Crippen LogP contribution >= 0.6 is 11.6 Å². The first-order valence-electron chi connectivity index (χ1n) is 10.1. The number of nitrogens with one attached hydrogen (secondary N) is 1. The summed E-state index contributed by atoms with van der Waals surface area (Å²) in [5.41, 5.74) is 1.69. The number of hydrogen-bond donors (Lipinski definition) is 1. The number of halogens is 1. The molecule has 1 N–H and O–H groups in total. The number of benzene rings is 2. The largest absolute Gasteiger partial charge is 0.467 e. The van der Waals surface area contributed by atoms with Gasteiger partial charge in [-0.1, -0.05) is 54.1 Å². The summed E-state index contributed by atoms with van der Waals surface area (Å²) >= 11 is 5.91. The van der Waals surface area contributed by atoms with Crippen LogP contribution in [0.5, 0.6) is 0 Å². The van der Waals surface area contributed by atoms with Crippen molar-refractivity contribution in [3.05, 3.63) is 70.7 Å². The van der Waals surface area contributed by atoms with E-state index in [0.29, 0.717) is 24.4 Å². The molecule has 1 aliphatic rings. The minimum atomic E-state index is -0.874. The van der Waals surface area contributed by atoms with Crippen LogP contribution in [0.1, 0.15) is 24.0 Å². The van der Waals surface area contributed by atoms with E-state index in [2.05, 4.69) is 5.32 Å². The normalized spacial score (nSPS) is 16.5. The Bertz CT molecular complexity index is 904. The molecule has 0 aliphatic carbocycles. The maximum absolute atomic E-state index is 12.9. The zero-order chi connectivity index (χ0) is 22.2. The standard InChI is InChI=1S/C23H25ClN2O5/c1-30-22(28)19(14-16-9-11-18(24)12-10-16)25-21(27)20-8-5-13-26(20)23(29)31-15-17-6-3-2-4-7-17/h2-4,6-7,9-12,19-20H,5,8,13-15H2,1H3,(H,25,27)/t19-,20-/m1/s1. The fourth-order valence-electron chi connectivity index (χ4n) is 3.52. The van der Waals surface area contributed by atoms with Crippen molar-refractivity contribution in [2.45, 2.75) is 38.0 Å². The molecule has 0 bridgehead atoms. The van der Waals surface area contributed by atoms with Crippen LogP contribution in [-0.2, 0) is 32.1 Å². The molecule has 1 fully saturated rings. The van der Waals surface area contributed by atoms with Gasteiger partial charge in [0.2, 0.25) is 5.91 Å². The van der Waals surface area contributed by atoms with Gasteiger partial charge in [-0.15, -0.1) is 0 Å². The van der Waals surface area contributed by atoms with Crippen LogP contribution in [0.15, 0.2) is 54.6 Å². The minimum Gasteiger partial charge on any atom is -0.467 e. The van der Waals surface area contributed by atoms with Gasteiger partial charge in [-0.3, -0.25) is 9.69 Å². The van der Waals surface area contributed by atoms with E-state index in [1.54, 1.807) is 24.3 Å². The lowest BCUT2D eigenvalue weighted by Gasteiger charge is -2.25. The number of carbonyl (C=O) groups is 3. The Morgan fingerprint density at radius 2 is 1.81 bits per heavy atom. The number of ether oxygens (including phenoxy) is 2. The van der Waals surface area contributed by atoms with E-state index in [-0.39, 0.29) is 13.0 Å². The minimum absolute atomic E-state index is 0.131. The van der Waals surface area contributed by atoms with Crippen LogP contribution in [0.25, 0.3) is 0 Å². The van der Waals surface area contributed by atoms with Gasteiger partial charge in [0.25, 0.3) is 0 Å². The van der Waals surface area contributed by atoms with Crippen molar-refractivity contribution < 1.29 is 23.9 Å². The number of hydrogen-bond acceptors (Lipinski definition) is 5. The molecule has 7 nitrogen and oxygen atoms in total. The smallest absolute Gasteiger partial charge is 0.410 e. The molecule has 2 aromatic rings. The van der Waals surface area contributed by atoms with Crippen molar-refractivity contribution in [3.8, 4) is 0 Å². The number of rotatable bonds is 7. The molecule has 2 amide bonds. The first-order chi connectivity index (χ1) is 15.0. The number of esters is 1. The third kappa shape index (κ3) is 6.21. The maximum Gasteiger partial charge on any atom is 0.410 e. The first-order valence-corrected chi connectivity index (χ1v) is 10.5. The Morgan fingerprint density at radius 3 is 2.48 bits per heavy atom. The van der Waals surface area contributed by atoms with Gasteiger partial charge in [0, 0.05) is 18.0 Å². The molecule has 1 saturated heterocycles. The molecule has 1 heterocycles. The Kier molecular flexibility index (Phi) is 7.89. The summed E-state index contributed by atoms with van der Waals surface area (Å²) in [6.07, 6.45) is 0.884. The lowest BCUT2D eigenvalue weighted by molar-refractivity contribution is -0.145. The highest BCUT2D eigenvalue weighted by atomic mass is 35.5. The molecule has 2 atom stereocenters. The molecule has 0 aromatic heterocycles. The van der Waals surface area contributed by atoms with E-state index in [0.717, 1.165) is 11.1 Å². The van der Waals surface area contributed by atoms with Gasteiger partial charge in [-0.05, 0) is 36.1 Å². The van der Waals surface area contributed by atoms with Crippen molar-refractivity contribution in [1.29, 1.82) is 0 Å². The Balaban J connectivity index is 1.62. The Hall–Kier alpha value is -3.06. The summed E-state index contributed by atoms with van der Waals surface area (Å²) in [6, 6.07) is 14.8. The monoisotopic (exact) mass is 444 g/mol. The first kappa shape index (κ1) is 22.6. The predicted octanol–water partition coefficient (Wildman–Crippen LogP) is 3.34. The number of likely N-dealkylation sites (tertiary alicyclic amines) is 1. The maximum atomic E-state index is 12.9. The van der Waals surface area contributed by atoms with E-state index in [1.807, 2.05) is 30.3 Å². The number of amides is 2. The SMILES string of the molecule is COC(=O)[C@@H](Cc1ccc(Cl)cc1)NC(=O)[C@H]1CCCN1C(=O)OCc1ccccc1. The number of carbonyl (C=O) groups excluding carboxylic acids is 3. The molecule has 0 unspecified atom stereocenters. The summed E-state index contributed by atoms with van der Waals surface area (Å²) in [6.45, 7) is 0.553. The van der Waals surface area contributed by atoms with Crippen LogP contribution in [0.4, 0.5) is 4.79 Å². The van der Waals surface area contributed by atoms with Crippen molar-refractivity contribution in [2.24, 2.45) is 0 Å². The van der Waals surface area contributed by atoms with Gasteiger partial charge >= 0.3 is 12.1 Å². The van der Waals surface area contributed by atoms with Gasteiger partial charge in [-0.2, -0.15) is 0 Å². The average molecular weight is 445 g/mol. The van der Waals surface area contributed by atoms with Crippen LogP contribution in [0.3, 0.4) is 0 Å². The van der Waals surface area contributed by atoms with Crippen LogP contribution in [0, 0.1) is 0 Å². The second-order valence-corrected chi connectivity index (χ2v) is 7.74. The molecule has 8 heteroatoms. The molecular formula is C23H25ClN2O5. The van der Waals surface area contributed by atoms with E-state index in [1.165, 1.54) is 12.0 Å². The number of nitrogens with zero attached hydrogens (tertiary/aromatic N) is 1. The summed E-state index contributed by atoms with van der Waals surface area (Å²) in [5, 5.41) is 3.32. The van der Waals surface area contributed by atoms with Crippen molar-refractivity contribution in [3.63, 3.8) is 0 Å². The molecule has 164 valence electrons. The quantitative estimate of drug-likeness (QED) is 0.662. The van der Waals surface area contributed by atoms with Crippen LogP contribution in [0.2, 0.25) is 5.02 Å². The average Bonchev–Trinajstić information content (AvgIpc) is 3.29. The summed E-state index contributed by atoms with van der Waals surface area (Å²) in [7, 11) is 1.27. The molecule has 3 rings (SSSR count). The summed E-state index contributed by atoms with van der Waals surface area (Å²) in [4.78, 5) is 39.1. The van der Waals surface area contributed by atoms with E-state index >= 15 is 0 Å². The van der Waals surface area contributed by atoms with Gasteiger partial charge < -0.3 is 14.8 Å². The Labute approximate surface area is 186 Å². The van der Waals surface area contributed by atoms with Gasteiger partial charge in [0.05, 0.1) is 7.11 Å². The highest BCUT2D eigenvalue weighted by Gasteiger charge is 2.37. The Morgan fingerprint density at radius 1 is 1.10 bits per heavy atom. The molecular weight excluding hydrogens is 420 g/mol. The third-order valence-corrected chi connectivity index (χ3v) is 5.40. The van der Waals surface area contributed by atoms with Crippen molar-refractivity contribution in [1.82, 2.24) is 10.2 Å². The highest BCUT2D eigenvalue weighted by molar-refractivity contribution is 6.30. The second-order valence-electron chi connectivity index (χ2n) is 7.31. The molecule has 0 radical (unpaired) electrons. The molecule has 0 saturated carbocycles. The van der Waals surface area contributed by atoms with E-state index in [9.17, 15) is 14.4 Å². The van der Waals surface area contributed by atoms with E-state index in [4.69, 9.17) is 21.1 Å². The topological polar surface area (TPSA) is 84.9 Å². The summed E-state index contributed by atoms with van der Waals surface area (Å²) in [5.74, 6) is -0.960. The molecule has 31 heavy (non-hydrogen) atoms. The fraction of sp³-hybridized carbons (Fsp3) is 0.348. The van der Waals surface area contributed by atoms with Crippen molar-refractivity contribution in [2.75, 3.05) is 13.7 Å².